The highest BCUT2D eigenvalue weighted by atomic mass is 32.2. The Labute approximate surface area is 149 Å². The van der Waals surface area contributed by atoms with Crippen LogP contribution in [-0.2, 0) is 23.2 Å². The largest absolute Gasteiger partial charge is 0.494 e. The Morgan fingerprint density at radius 2 is 2.04 bits per heavy atom. The molecule has 2 rings (SSSR count). The summed E-state index contributed by atoms with van der Waals surface area (Å²) in [5, 5.41) is 19.7. The van der Waals surface area contributed by atoms with Crippen LogP contribution in [0.2, 0.25) is 0 Å². The fourth-order valence-corrected chi connectivity index (χ4v) is 4.23. The van der Waals surface area contributed by atoms with Crippen molar-refractivity contribution in [1.82, 2.24) is 9.21 Å². The van der Waals surface area contributed by atoms with E-state index in [2.05, 4.69) is 0 Å². The maximum absolute atomic E-state index is 12.0. The van der Waals surface area contributed by atoms with Crippen LogP contribution in [0, 0.1) is 5.92 Å². The summed E-state index contributed by atoms with van der Waals surface area (Å²) in [7, 11) is -0.327. The van der Waals surface area contributed by atoms with E-state index in [4.69, 9.17) is 4.74 Å². The van der Waals surface area contributed by atoms with Crippen LogP contribution >= 0.6 is 0 Å². The van der Waals surface area contributed by atoms with Crippen molar-refractivity contribution in [2.45, 2.75) is 26.2 Å². The summed E-state index contributed by atoms with van der Waals surface area (Å²) in [5.41, 5.74) is 1.72. The second-order valence-electron chi connectivity index (χ2n) is 6.62. The third-order valence-corrected chi connectivity index (χ3v) is 6.43. The summed E-state index contributed by atoms with van der Waals surface area (Å²) in [6.07, 6.45) is -0.658. The molecule has 25 heavy (non-hydrogen) atoms. The minimum atomic E-state index is -3.34. The van der Waals surface area contributed by atoms with Crippen LogP contribution in [0.1, 0.15) is 18.1 Å². The molecule has 0 saturated carbocycles. The number of likely N-dealkylation sites (tertiary alicyclic amines) is 1. The summed E-state index contributed by atoms with van der Waals surface area (Å²) >= 11 is 0. The van der Waals surface area contributed by atoms with Crippen molar-refractivity contribution in [3.63, 3.8) is 0 Å². The highest BCUT2D eigenvalue weighted by molar-refractivity contribution is 7.89. The van der Waals surface area contributed by atoms with Crippen LogP contribution in [-0.4, -0.2) is 73.5 Å². The van der Waals surface area contributed by atoms with Gasteiger partial charge in [-0.15, -0.1) is 0 Å². The number of aliphatic hydroxyl groups is 2. The first-order valence-corrected chi connectivity index (χ1v) is 10.0. The summed E-state index contributed by atoms with van der Waals surface area (Å²) in [4.78, 5) is 2.04. The lowest BCUT2D eigenvalue weighted by molar-refractivity contribution is 0.148. The van der Waals surface area contributed by atoms with Gasteiger partial charge in [-0.05, 0) is 24.6 Å². The van der Waals surface area contributed by atoms with Gasteiger partial charge in [0.2, 0.25) is 10.0 Å². The predicted molar refractivity (Wildman–Crippen MR) is 95.8 cm³/mol. The van der Waals surface area contributed by atoms with Crippen LogP contribution in [0.3, 0.4) is 0 Å². The molecule has 1 heterocycles. The number of hydrogen-bond acceptors (Lipinski definition) is 6. The zero-order valence-electron chi connectivity index (χ0n) is 15.1. The highest BCUT2D eigenvalue weighted by Gasteiger charge is 2.35. The SMILES string of the molecule is CCOc1ccc(CN2C[C@@H](CS(=O)(=O)N(C)C)[C@H](O)C2)cc1CO. The zero-order chi connectivity index (χ0) is 18.6. The first-order valence-electron chi connectivity index (χ1n) is 8.43. The molecule has 142 valence electrons. The van der Waals surface area contributed by atoms with Gasteiger partial charge in [0.15, 0.2) is 0 Å². The van der Waals surface area contributed by atoms with E-state index in [9.17, 15) is 18.6 Å². The van der Waals surface area contributed by atoms with Gasteiger partial charge in [0.25, 0.3) is 0 Å². The molecular weight excluding hydrogens is 344 g/mol. The van der Waals surface area contributed by atoms with Gasteiger partial charge in [-0.2, -0.15) is 0 Å². The van der Waals surface area contributed by atoms with E-state index >= 15 is 0 Å². The van der Waals surface area contributed by atoms with E-state index in [1.807, 2.05) is 30.0 Å². The number of ether oxygens (including phenoxy) is 1. The van der Waals surface area contributed by atoms with Crippen LogP contribution in [0.5, 0.6) is 5.75 Å². The van der Waals surface area contributed by atoms with Gasteiger partial charge in [0, 0.05) is 45.2 Å². The fraction of sp³-hybridized carbons (Fsp3) is 0.647. The zero-order valence-corrected chi connectivity index (χ0v) is 15.9. The lowest BCUT2D eigenvalue weighted by Crippen LogP contribution is -2.33. The number of hydrogen-bond donors (Lipinski definition) is 2. The third-order valence-electron chi connectivity index (χ3n) is 4.46. The Morgan fingerprint density at radius 1 is 1.32 bits per heavy atom. The molecule has 1 aliphatic heterocycles. The molecule has 2 N–H and O–H groups in total. The van der Waals surface area contributed by atoms with E-state index in [0.29, 0.717) is 32.0 Å². The molecule has 0 bridgehead atoms. The third kappa shape index (κ3) is 5.15. The summed E-state index contributed by atoms with van der Waals surface area (Å²) < 4.78 is 30.7. The molecule has 0 aliphatic carbocycles. The van der Waals surface area contributed by atoms with Gasteiger partial charge in [0.05, 0.1) is 25.1 Å². The smallest absolute Gasteiger partial charge is 0.214 e. The number of aliphatic hydroxyl groups excluding tert-OH is 2. The topological polar surface area (TPSA) is 90.3 Å². The van der Waals surface area contributed by atoms with E-state index < -0.39 is 16.1 Å². The molecule has 0 amide bonds. The number of sulfonamides is 1. The number of β-amino-alcohol motifs (C(OH)–C–C–N with tert-alkyl or cyclic N) is 1. The van der Waals surface area contributed by atoms with Gasteiger partial charge < -0.3 is 14.9 Å². The Bertz CT molecular complexity index is 678. The van der Waals surface area contributed by atoms with Crippen molar-refractivity contribution in [2.75, 3.05) is 39.5 Å². The Kier molecular flexibility index (Phi) is 6.81. The molecule has 1 aliphatic rings. The second-order valence-corrected chi connectivity index (χ2v) is 8.84. The first-order chi connectivity index (χ1) is 11.8. The average molecular weight is 372 g/mol. The van der Waals surface area contributed by atoms with Crippen LogP contribution in [0.25, 0.3) is 0 Å². The Hall–Kier alpha value is -1.19. The second kappa shape index (κ2) is 8.46. The van der Waals surface area contributed by atoms with Gasteiger partial charge in [0.1, 0.15) is 5.75 Å². The summed E-state index contributed by atoms with van der Waals surface area (Å²) in [6, 6.07) is 5.66. The molecule has 0 aromatic heterocycles. The number of rotatable bonds is 8. The molecule has 7 nitrogen and oxygen atoms in total. The molecule has 1 aromatic rings. The van der Waals surface area contributed by atoms with Crippen molar-refractivity contribution in [2.24, 2.45) is 5.92 Å². The summed E-state index contributed by atoms with van der Waals surface area (Å²) in [6.45, 7) is 3.88. The highest BCUT2D eigenvalue weighted by Crippen LogP contribution is 2.25. The van der Waals surface area contributed by atoms with Gasteiger partial charge in [-0.25, -0.2) is 12.7 Å². The minimum Gasteiger partial charge on any atom is -0.494 e. The molecule has 1 saturated heterocycles. The van der Waals surface area contributed by atoms with Gasteiger partial charge in [-0.3, -0.25) is 4.90 Å². The standard InChI is InChI=1S/C17H28N2O5S/c1-4-24-17-6-5-13(7-14(17)11-20)8-19-9-15(16(21)10-19)12-25(22,23)18(2)3/h5-7,15-16,20-21H,4,8-12H2,1-3H3/t15-,16+/m0/s1. The molecule has 0 spiro atoms. The molecule has 1 aromatic carbocycles. The lowest BCUT2D eigenvalue weighted by Gasteiger charge is -2.18. The van der Waals surface area contributed by atoms with Crippen molar-refractivity contribution in [3.05, 3.63) is 29.3 Å². The van der Waals surface area contributed by atoms with E-state index in [-0.39, 0.29) is 18.3 Å². The first kappa shape index (κ1) is 20.1. The van der Waals surface area contributed by atoms with Gasteiger partial charge in [-0.1, -0.05) is 6.07 Å². The maximum atomic E-state index is 12.0. The lowest BCUT2D eigenvalue weighted by atomic mass is 10.1. The quantitative estimate of drug-likeness (QED) is 0.680. The van der Waals surface area contributed by atoms with E-state index in [1.165, 1.54) is 18.4 Å². The van der Waals surface area contributed by atoms with Crippen molar-refractivity contribution in [1.29, 1.82) is 0 Å². The van der Waals surface area contributed by atoms with Crippen LogP contribution < -0.4 is 4.74 Å². The van der Waals surface area contributed by atoms with Crippen LogP contribution in [0.15, 0.2) is 18.2 Å². The van der Waals surface area contributed by atoms with E-state index in [1.54, 1.807) is 0 Å². The molecular formula is C17H28N2O5S. The molecule has 2 atom stereocenters. The number of benzene rings is 1. The Balaban J connectivity index is 2.02. The van der Waals surface area contributed by atoms with E-state index in [0.717, 1.165) is 11.1 Å². The maximum Gasteiger partial charge on any atom is 0.214 e. The Morgan fingerprint density at radius 3 is 2.64 bits per heavy atom. The molecule has 0 unspecified atom stereocenters. The predicted octanol–water partition coefficient (Wildman–Crippen LogP) is 0.262. The van der Waals surface area contributed by atoms with Crippen LogP contribution in [0.4, 0.5) is 0 Å². The monoisotopic (exact) mass is 372 g/mol. The normalized spacial score (nSPS) is 21.8. The molecule has 0 radical (unpaired) electrons. The number of nitrogens with zero attached hydrogens (tertiary/aromatic N) is 2. The summed E-state index contributed by atoms with van der Waals surface area (Å²) in [5.74, 6) is 0.320. The average Bonchev–Trinajstić information content (AvgIpc) is 2.87. The van der Waals surface area contributed by atoms with Crippen molar-refractivity contribution < 1.29 is 23.4 Å². The molecule has 1 fully saturated rings. The van der Waals surface area contributed by atoms with Gasteiger partial charge >= 0.3 is 0 Å². The fourth-order valence-electron chi connectivity index (χ4n) is 3.06. The van der Waals surface area contributed by atoms with Crippen molar-refractivity contribution >= 4 is 10.0 Å². The minimum absolute atomic E-state index is 0.0527. The van der Waals surface area contributed by atoms with Crippen molar-refractivity contribution in [3.8, 4) is 5.75 Å². The molecule has 8 heteroatoms.